The molecule has 6 fully saturated rings. The number of carbonyl (C=O) groups excluding carboxylic acids is 2. The van der Waals surface area contributed by atoms with Crippen molar-refractivity contribution < 1.29 is 14.0 Å². The lowest BCUT2D eigenvalue weighted by atomic mass is 9.42. The van der Waals surface area contributed by atoms with E-state index in [0.717, 1.165) is 72.5 Å². The Labute approximate surface area is 259 Å². The molecule has 6 heterocycles. The number of aryl methyl sites for hydroxylation is 1. The summed E-state index contributed by atoms with van der Waals surface area (Å²) in [5.74, 6) is 0.351. The maximum atomic E-state index is 14.0. The fourth-order valence-corrected chi connectivity index (χ4v) is 8.87. The molecule has 0 radical (unpaired) electrons. The van der Waals surface area contributed by atoms with Gasteiger partial charge in [0.2, 0.25) is 5.91 Å². The van der Waals surface area contributed by atoms with Gasteiger partial charge in [0.05, 0.1) is 34.2 Å². The van der Waals surface area contributed by atoms with E-state index in [9.17, 15) is 18.8 Å². The molecular formula is C34H38FN7O3. The van der Waals surface area contributed by atoms with Crippen molar-refractivity contribution in [3.8, 4) is 11.4 Å². The number of hydrogen-bond acceptors (Lipinski definition) is 5. The molecule has 4 saturated carbocycles. The summed E-state index contributed by atoms with van der Waals surface area (Å²) in [5.41, 5.74) is 9.43. The van der Waals surface area contributed by atoms with Crippen LogP contribution in [-0.4, -0.2) is 59.4 Å². The van der Waals surface area contributed by atoms with E-state index >= 15 is 0 Å². The largest absolute Gasteiger partial charge is 0.348 e. The van der Waals surface area contributed by atoms with E-state index in [2.05, 4.69) is 20.9 Å². The molecule has 4 aromatic heterocycles. The fraction of sp³-hybridized carbons (Fsp3) is 0.529. The Bertz CT molecular complexity index is 1980. The Balaban J connectivity index is 1.07. The summed E-state index contributed by atoms with van der Waals surface area (Å²) in [6, 6.07) is 9.17. The Hall–Kier alpha value is -3.99. The summed E-state index contributed by atoms with van der Waals surface area (Å²) in [5, 5.41) is 4.06. The van der Waals surface area contributed by atoms with Crippen molar-refractivity contribution in [2.24, 2.45) is 17.1 Å². The van der Waals surface area contributed by atoms with E-state index < -0.39 is 11.1 Å². The van der Waals surface area contributed by atoms with E-state index in [-0.39, 0.29) is 41.5 Å². The van der Waals surface area contributed by atoms with Gasteiger partial charge in [-0.2, -0.15) is 0 Å². The molecule has 4 aromatic rings. The summed E-state index contributed by atoms with van der Waals surface area (Å²) >= 11 is 0. The average molecular weight is 612 g/mol. The van der Waals surface area contributed by atoms with Crippen LogP contribution in [0.3, 0.4) is 0 Å². The van der Waals surface area contributed by atoms with Crippen LogP contribution in [0.5, 0.6) is 0 Å². The number of aromatic amines is 1. The van der Waals surface area contributed by atoms with Crippen molar-refractivity contribution in [1.29, 1.82) is 0 Å². The first-order valence-electron chi connectivity index (χ1n) is 16.4. The molecule has 6 aliphatic rings. The molecule has 10 rings (SSSR count). The molecule has 0 aromatic carbocycles. The van der Waals surface area contributed by atoms with Crippen LogP contribution in [0.15, 0.2) is 35.1 Å². The van der Waals surface area contributed by atoms with Gasteiger partial charge in [-0.1, -0.05) is 0 Å². The van der Waals surface area contributed by atoms with Crippen LogP contribution >= 0.6 is 0 Å². The smallest absolute Gasteiger partial charge is 0.257 e. The Morgan fingerprint density at radius 3 is 2.60 bits per heavy atom. The Morgan fingerprint density at radius 2 is 1.93 bits per heavy atom. The number of halogens is 1. The van der Waals surface area contributed by atoms with Gasteiger partial charge in [-0.15, -0.1) is 0 Å². The number of hydrogen-bond donors (Lipinski definition) is 3. The van der Waals surface area contributed by atoms with E-state index in [1.54, 1.807) is 10.5 Å². The second kappa shape index (κ2) is 9.05. The van der Waals surface area contributed by atoms with Gasteiger partial charge in [-0.3, -0.25) is 18.8 Å². The average Bonchev–Trinajstić information content (AvgIpc) is 3.29. The molecule has 2 aliphatic heterocycles. The Kier molecular flexibility index (Phi) is 5.50. The lowest BCUT2D eigenvalue weighted by Crippen LogP contribution is -2.70. The second-order valence-electron chi connectivity index (χ2n) is 14.7. The second-order valence-corrected chi connectivity index (χ2v) is 14.7. The highest BCUT2D eigenvalue weighted by atomic mass is 19.1. The topological polar surface area (TPSA) is 131 Å². The van der Waals surface area contributed by atoms with Crippen molar-refractivity contribution in [3.63, 3.8) is 0 Å². The normalized spacial score (nSPS) is 30.5. The number of rotatable bonds is 7. The lowest BCUT2D eigenvalue weighted by molar-refractivity contribution is -0.214. The molecule has 0 unspecified atom stereocenters. The number of fused-ring (bicyclic) bond motifs is 4. The molecule has 4 N–H and O–H groups in total. The van der Waals surface area contributed by atoms with Gasteiger partial charge < -0.3 is 25.5 Å². The number of H-pyrrole nitrogens is 1. The summed E-state index contributed by atoms with van der Waals surface area (Å²) in [4.78, 5) is 50.5. The van der Waals surface area contributed by atoms with Crippen LogP contribution in [-0.2, 0) is 11.3 Å². The summed E-state index contributed by atoms with van der Waals surface area (Å²) in [7, 11) is 0. The first-order valence-corrected chi connectivity index (χ1v) is 16.4. The first-order chi connectivity index (χ1) is 21.5. The van der Waals surface area contributed by atoms with Crippen LogP contribution in [0.2, 0.25) is 0 Å². The Morgan fingerprint density at radius 1 is 1.16 bits per heavy atom. The summed E-state index contributed by atoms with van der Waals surface area (Å²) in [6.45, 7) is 4.64. The van der Waals surface area contributed by atoms with Crippen molar-refractivity contribution in [2.45, 2.75) is 102 Å². The number of imidazole rings is 1. The maximum absolute atomic E-state index is 14.0. The predicted octanol–water partition coefficient (Wildman–Crippen LogP) is 4.14. The van der Waals surface area contributed by atoms with Crippen molar-refractivity contribution in [2.75, 3.05) is 0 Å². The van der Waals surface area contributed by atoms with Crippen molar-refractivity contribution in [3.05, 3.63) is 57.6 Å². The molecule has 11 heteroatoms. The van der Waals surface area contributed by atoms with Crippen LogP contribution in [0, 0.1) is 18.3 Å². The molecular weight excluding hydrogens is 573 g/mol. The molecule has 45 heavy (non-hydrogen) atoms. The van der Waals surface area contributed by atoms with Gasteiger partial charge in [0.1, 0.15) is 17.0 Å². The standard InChI is InChI=1S/C34H38FN7O3/c1-17(37-32(45)33-14-34(35,15-33)16-33)24-7-5-20-9-26(40(30(20)38-24)13-19-3-4-19)29-18(2)41-27(39-29)10-21(11-28(41)43)31(44)42-22-6-8-25(42)23(36)12-22/h5,7,9-11,17,19,22-23,25,39H,3-4,6,8,12-16,36H2,1-2H3,(H,37,45)/t17-,22+,23-,25-,33?,34?/m1/s1. The molecule has 2 saturated heterocycles. The number of pyridine rings is 2. The van der Waals surface area contributed by atoms with Gasteiger partial charge in [0.25, 0.3) is 11.5 Å². The van der Waals surface area contributed by atoms with E-state index in [0.29, 0.717) is 36.4 Å². The minimum Gasteiger partial charge on any atom is -0.348 e. The fourth-order valence-electron chi connectivity index (χ4n) is 8.87. The molecule has 234 valence electrons. The predicted molar refractivity (Wildman–Crippen MR) is 166 cm³/mol. The molecule has 4 aliphatic carbocycles. The third-order valence-electron chi connectivity index (χ3n) is 11.4. The van der Waals surface area contributed by atoms with Gasteiger partial charge in [-0.05, 0) is 95.4 Å². The monoisotopic (exact) mass is 611 g/mol. The summed E-state index contributed by atoms with van der Waals surface area (Å²) < 4.78 is 17.9. The van der Waals surface area contributed by atoms with Crippen LogP contribution < -0.4 is 16.6 Å². The van der Waals surface area contributed by atoms with Gasteiger partial charge in [0.15, 0.2) is 0 Å². The van der Waals surface area contributed by atoms with E-state index in [4.69, 9.17) is 10.7 Å². The maximum Gasteiger partial charge on any atom is 0.257 e. The highest BCUT2D eigenvalue weighted by molar-refractivity contribution is 5.96. The quantitative estimate of drug-likeness (QED) is 0.289. The minimum absolute atomic E-state index is 0.00416. The van der Waals surface area contributed by atoms with Crippen LogP contribution in [0.1, 0.15) is 86.1 Å². The number of alkyl halides is 1. The van der Waals surface area contributed by atoms with Gasteiger partial charge >= 0.3 is 0 Å². The number of nitrogens with one attached hydrogen (secondary N) is 2. The number of amides is 2. The highest BCUT2D eigenvalue weighted by Gasteiger charge is 2.72. The van der Waals surface area contributed by atoms with Crippen molar-refractivity contribution >= 4 is 28.5 Å². The van der Waals surface area contributed by atoms with Crippen LogP contribution in [0.25, 0.3) is 28.1 Å². The zero-order valence-corrected chi connectivity index (χ0v) is 25.6. The molecule has 0 spiro atoms. The first kappa shape index (κ1) is 27.3. The third-order valence-corrected chi connectivity index (χ3v) is 11.4. The summed E-state index contributed by atoms with van der Waals surface area (Å²) in [6.07, 6.45) is 5.99. The van der Waals surface area contributed by atoms with Crippen LogP contribution in [0.4, 0.5) is 4.39 Å². The van der Waals surface area contributed by atoms with E-state index in [1.807, 2.05) is 30.9 Å². The molecule has 10 nitrogen and oxygen atoms in total. The van der Waals surface area contributed by atoms with Gasteiger partial charge in [-0.25, -0.2) is 9.37 Å². The lowest BCUT2D eigenvalue weighted by Gasteiger charge is -2.64. The highest BCUT2D eigenvalue weighted by Crippen LogP contribution is 2.69. The van der Waals surface area contributed by atoms with E-state index in [1.165, 1.54) is 6.07 Å². The SMILES string of the molecule is Cc1c(-c2cc3ccc([C@@H](C)NC(=O)C45CC(F)(C4)C5)nc3n2CC2CC2)[nH]c2cc(C(=O)N3[C@H]4CC[C@@H]3[C@H](N)C4)cc(=O)n12. The molecule has 4 bridgehead atoms. The zero-order chi connectivity index (χ0) is 31.0. The molecule has 2 amide bonds. The molecule has 4 atom stereocenters. The minimum atomic E-state index is -1.12. The number of nitrogens with zero attached hydrogens (tertiary/aromatic N) is 4. The third kappa shape index (κ3) is 3.95. The number of aromatic nitrogens is 4. The van der Waals surface area contributed by atoms with Gasteiger partial charge in [0, 0.05) is 41.7 Å². The number of carbonyl (C=O) groups is 2. The van der Waals surface area contributed by atoms with Crippen molar-refractivity contribution in [1.82, 2.24) is 29.2 Å². The zero-order valence-electron chi connectivity index (χ0n) is 25.6. The number of nitrogens with two attached hydrogens (primary N) is 1.